The number of aromatic nitrogens is 1. The van der Waals surface area contributed by atoms with Crippen LogP contribution in [0.2, 0.25) is 0 Å². The molecular weight excluding hydrogens is 366 g/mol. The first-order valence-corrected chi connectivity index (χ1v) is 10.8. The maximum atomic E-state index is 13.0. The van der Waals surface area contributed by atoms with Crippen molar-refractivity contribution in [1.82, 2.24) is 14.8 Å². The zero-order valence-electron chi connectivity index (χ0n) is 15.8. The Balaban J connectivity index is 1.25. The molecule has 0 N–H and O–H groups in total. The molecule has 0 unspecified atom stereocenters. The predicted molar refractivity (Wildman–Crippen MR) is 112 cm³/mol. The molecule has 28 heavy (non-hydrogen) atoms. The highest BCUT2D eigenvalue weighted by Gasteiger charge is 2.33. The van der Waals surface area contributed by atoms with Crippen molar-refractivity contribution < 1.29 is 4.79 Å². The normalized spacial score (nSPS) is 19.6. The molecule has 0 saturated carbocycles. The third kappa shape index (κ3) is 3.36. The van der Waals surface area contributed by atoms with Gasteiger partial charge in [0.25, 0.3) is 5.91 Å². The first-order chi connectivity index (χ1) is 13.8. The Morgan fingerprint density at radius 1 is 1.00 bits per heavy atom. The molecule has 2 aliphatic heterocycles. The minimum Gasteiger partial charge on any atom is -0.336 e. The van der Waals surface area contributed by atoms with Crippen molar-refractivity contribution in [3.8, 4) is 10.6 Å². The largest absolute Gasteiger partial charge is 0.336 e. The van der Waals surface area contributed by atoms with Crippen molar-refractivity contribution in [1.29, 1.82) is 0 Å². The van der Waals surface area contributed by atoms with E-state index in [1.165, 1.54) is 11.1 Å². The van der Waals surface area contributed by atoms with Crippen LogP contribution in [0.1, 0.15) is 28.0 Å². The summed E-state index contributed by atoms with van der Waals surface area (Å²) in [4.78, 5) is 22.1. The Kier molecular flexibility index (Phi) is 4.71. The number of likely N-dealkylation sites (tertiary alicyclic amines) is 1. The third-order valence-corrected chi connectivity index (χ3v) is 6.76. The highest BCUT2D eigenvalue weighted by molar-refractivity contribution is 7.13. The van der Waals surface area contributed by atoms with Crippen LogP contribution in [0.4, 0.5) is 0 Å². The fourth-order valence-electron chi connectivity index (χ4n) is 4.30. The smallest absolute Gasteiger partial charge is 0.273 e. The second-order valence-electron chi connectivity index (χ2n) is 7.59. The van der Waals surface area contributed by atoms with Crippen LogP contribution in [0.15, 0.2) is 60.0 Å². The van der Waals surface area contributed by atoms with Crippen LogP contribution in [0.3, 0.4) is 0 Å². The molecule has 4 nitrogen and oxygen atoms in total. The number of thiazole rings is 1. The number of benzene rings is 2. The van der Waals surface area contributed by atoms with E-state index in [1.807, 2.05) is 40.6 Å². The summed E-state index contributed by atoms with van der Waals surface area (Å²) >= 11 is 1.54. The summed E-state index contributed by atoms with van der Waals surface area (Å²) in [6.07, 6.45) is 2.15. The van der Waals surface area contributed by atoms with Crippen LogP contribution < -0.4 is 0 Å². The first kappa shape index (κ1) is 17.6. The standard InChI is InChI=1S/C23H23N3OS/c27-23(21-16-28-22(24-21)18-7-2-1-3-8-18)26-13-11-20(15-26)25-12-10-17-6-4-5-9-19(17)14-25/h1-9,16,20H,10-15H2/t20-/m0/s1. The Bertz CT molecular complexity index is 984. The summed E-state index contributed by atoms with van der Waals surface area (Å²) in [6.45, 7) is 3.70. The van der Waals surface area contributed by atoms with E-state index in [2.05, 4.69) is 34.1 Å². The average Bonchev–Trinajstić information content (AvgIpc) is 3.44. The number of carbonyl (C=O) groups excluding carboxylic acids is 1. The van der Waals surface area contributed by atoms with Crippen molar-refractivity contribution in [2.45, 2.75) is 25.4 Å². The van der Waals surface area contributed by atoms with Gasteiger partial charge in [-0.2, -0.15) is 0 Å². The molecule has 5 rings (SSSR count). The average molecular weight is 390 g/mol. The number of amides is 1. The van der Waals surface area contributed by atoms with Crippen molar-refractivity contribution >= 4 is 17.2 Å². The quantitative estimate of drug-likeness (QED) is 0.677. The van der Waals surface area contributed by atoms with E-state index in [0.29, 0.717) is 11.7 Å². The number of carbonyl (C=O) groups is 1. The van der Waals surface area contributed by atoms with Crippen molar-refractivity contribution in [3.05, 3.63) is 76.8 Å². The lowest BCUT2D eigenvalue weighted by Crippen LogP contribution is -2.41. The summed E-state index contributed by atoms with van der Waals surface area (Å²) in [5, 5.41) is 2.81. The minimum atomic E-state index is 0.0679. The Morgan fingerprint density at radius 3 is 2.64 bits per heavy atom. The number of hydrogen-bond acceptors (Lipinski definition) is 4. The Morgan fingerprint density at radius 2 is 1.79 bits per heavy atom. The summed E-state index contributed by atoms with van der Waals surface area (Å²) in [6, 6.07) is 19.2. The summed E-state index contributed by atoms with van der Waals surface area (Å²) in [5.74, 6) is 0.0679. The van der Waals surface area contributed by atoms with Gasteiger partial charge in [-0.3, -0.25) is 9.69 Å². The van der Waals surface area contributed by atoms with Gasteiger partial charge in [0.05, 0.1) is 0 Å². The highest BCUT2D eigenvalue weighted by Crippen LogP contribution is 2.27. The molecule has 3 aromatic rings. The number of rotatable bonds is 3. The van der Waals surface area contributed by atoms with Crippen LogP contribution >= 0.6 is 11.3 Å². The zero-order valence-corrected chi connectivity index (χ0v) is 16.6. The van der Waals surface area contributed by atoms with E-state index in [9.17, 15) is 4.79 Å². The molecule has 1 saturated heterocycles. The topological polar surface area (TPSA) is 36.4 Å². The molecule has 0 bridgehead atoms. The molecule has 5 heteroatoms. The lowest BCUT2D eigenvalue weighted by molar-refractivity contribution is 0.0768. The molecule has 1 aromatic heterocycles. The molecule has 2 aromatic carbocycles. The molecule has 1 fully saturated rings. The molecule has 3 heterocycles. The van der Waals surface area contributed by atoms with Crippen LogP contribution in [0.5, 0.6) is 0 Å². The highest BCUT2D eigenvalue weighted by atomic mass is 32.1. The fourth-order valence-corrected chi connectivity index (χ4v) is 5.10. The van der Waals surface area contributed by atoms with Gasteiger partial charge in [-0.15, -0.1) is 11.3 Å². The fraction of sp³-hybridized carbons (Fsp3) is 0.304. The van der Waals surface area contributed by atoms with E-state index in [-0.39, 0.29) is 5.91 Å². The van der Waals surface area contributed by atoms with Crippen molar-refractivity contribution in [2.75, 3.05) is 19.6 Å². The van der Waals surface area contributed by atoms with Gasteiger partial charge in [-0.1, -0.05) is 54.6 Å². The molecule has 0 radical (unpaired) electrons. The SMILES string of the molecule is O=C(c1csc(-c2ccccc2)n1)N1CC[C@H](N2CCc3ccccc3C2)C1. The molecule has 2 aliphatic rings. The van der Waals surface area contributed by atoms with Crippen LogP contribution in [-0.2, 0) is 13.0 Å². The van der Waals surface area contributed by atoms with Gasteiger partial charge in [-0.05, 0) is 24.0 Å². The van der Waals surface area contributed by atoms with E-state index in [0.717, 1.165) is 49.6 Å². The zero-order chi connectivity index (χ0) is 18.9. The summed E-state index contributed by atoms with van der Waals surface area (Å²) in [5.41, 5.74) is 4.55. The van der Waals surface area contributed by atoms with Gasteiger partial charge < -0.3 is 4.90 Å². The van der Waals surface area contributed by atoms with Gasteiger partial charge >= 0.3 is 0 Å². The lowest BCUT2D eigenvalue weighted by Gasteiger charge is -2.33. The van der Waals surface area contributed by atoms with Crippen LogP contribution in [-0.4, -0.2) is 46.4 Å². The third-order valence-electron chi connectivity index (χ3n) is 5.87. The van der Waals surface area contributed by atoms with E-state index in [1.54, 1.807) is 11.3 Å². The number of hydrogen-bond donors (Lipinski definition) is 0. The summed E-state index contributed by atoms with van der Waals surface area (Å²) < 4.78 is 0. The Hall–Kier alpha value is -2.50. The van der Waals surface area contributed by atoms with E-state index >= 15 is 0 Å². The first-order valence-electron chi connectivity index (χ1n) is 9.89. The van der Waals surface area contributed by atoms with Crippen LogP contribution in [0.25, 0.3) is 10.6 Å². The molecular formula is C23H23N3OS. The van der Waals surface area contributed by atoms with E-state index in [4.69, 9.17) is 0 Å². The van der Waals surface area contributed by atoms with Gasteiger partial charge in [0.15, 0.2) is 0 Å². The van der Waals surface area contributed by atoms with Gasteiger partial charge in [0, 0.05) is 43.2 Å². The van der Waals surface area contributed by atoms with Gasteiger partial charge in [0.2, 0.25) is 0 Å². The maximum Gasteiger partial charge on any atom is 0.273 e. The number of fused-ring (bicyclic) bond motifs is 1. The Labute approximate surface area is 169 Å². The molecule has 142 valence electrons. The second-order valence-corrected chi connectivity index (χ2v) is 8.44. The molecule has 0 aliphatic carbocycles. The van der Waals surface area contributed by atoms with Gasteiger partial charge in [-0.25, -0.2) is 4.98 Å². The number of nitrogens with zero attached hydrogens (tertiary/aromatic N) is 3. The van der Waals surface area contributed by atoms with Crippen LogP contribution in [0, 0.1) is 0 Å². The molecule has 1 atom stereocenters. The maximum absolute atomic E-state index is 13.0. The van der Waals surface area contributed by atoms with Crippen molar-refractivity contribution in [2.24, 2.45) is 0 Å². The lowest BCUT2D eigenvalue weighted by atomic mass is 9.98. The molecule has 1 amide bonds. The molecule has 0 spiro atoms. The summed E-state index contributed by atoms with van der Waals surface area (Å²) in [7, 11) is 0. The van der Waals surface area contributed by atoms with Crippen molar-refractivity contribution in [3.63, 3.8) is 0 Å². The van der Waals surface area contributed by atoms with Gasteiger partial charge in [0.1, 0.15) is 10.7 Å². The predicted octanol–water partition coefficient (Wildman–Crippen LogP) is 4.08. The second kappa shape index (κ2) is 7.49. The van der Waals surface area contributed by atoms with E-state index < -0.39 is 0 Å². The minimum absolute atomic E-state index is 0.0679. The monoisotopic (exact) mass is 389 g/mol.